The summed E-state index contributed by atoms with van der Waals surface area (Å²) in [7, 11) is -3.58. The van der Waals surface area contributed by atoms with Gasteiger partial charge in [0.1, 0.15) is 16.8 Å². The maximum atomic E-state index is 13.0. The van der Waals surface area contributed by atoms with Crippen molar-refractivity contribution in [2.75, 3.05) is 13.1 Å². The Morgan fingerprint density at radius 2 is 1.69 bits per heavy atom. The predicted octanol–water partition coefficient (Wildman–Crippen LogP) is 2.67. The van der Waals surface area contributed by atoms with Gasteiger partial charge in [0.25, 0.3) is 5.91 Å². The third kappa shape index (κ3) is 2.84. The highest BCUT2D eigenvalue weighted by atomic mass is 32.2. The second-order valence-corrected chi connectivity index (χ2v) is 8.45. The molecule has 0 aliphatic carbocycles. The lowest BCUT2D eigenvalue weighted by molar-refractivity contribution is 0.0653. The van der Waals surface area contributed by atoms with Crippen LogP contribution in [0.25, 0.3) is 10.9 Å². The van der Waals surface area contributed by atoms with Crippen molar-refractivity contribution in [1.82, 2.24) is 9.88 Å². The van der Waals surface area contributed by atoms with Crippen molar-refractivity contribution in [3.63, 3.8) is 0 Å². The van der Waals surface area contributed by atoms with Crippen molar-refractivity contribution in [1.29, 1.82) is 0 Å². The number of nitrogens with zero attached hydrogens (tertiary/aromatic N) is 2. The molecule has 1 aromatic heterocycles. The first-order chi connectivity index (χ1) is 12.4. The molecule has 132 valence electrons. The number of para-hydroxylation sites is 1. The number of likely N-dealkylation sites (tertiary alicyclic amines) is 1. The van der Waals surface area contributed by atoms with E-state index in [0.29, 0.717) is 11.2 Å². The maximum Gasteiger partial charge on any atom is 0.272 e. The molecule has 0 bridgehead atoms. The average Bonchev–Trinajstić information content (AvgIpc) is 2.60. The van der Waals surface area contributed by atoms with E-state index in [2.05, 4.69) is 4.98 Å². The first kappa shape index (κ1) is 16.7. The molecule has 4 rings (SSSR count). The van der Waals surface area contributed by atoms with Crippen LogP contribution in [-0.4, -0.2) is 42.5 Å². The molecule has 2 heterocycles. The highest BCUT2D eigenvalue weighted by molar-refractivity contribution is 7.92. The van der Waals surface area contributed by atoms with Gasteiger partial charge < -0.3 is 4.90 Å². The summed E-state index contributed by atoms with van der Waals surface area (Å²) in [5.74, 6) is -0.780. The van der Waals surface area contributed by atoms with E-state index in [-0.39, 0.29) is 23.9 Å². The third-order valence-corrected chi connectivity index (χ3v) is 6.64. The SMILES string of the molecule is O=C(c1ccc2ccccc2n1)N1CC(S(=O)(=O)c2ccc(F)cc2)C1. The van der Waals surface area contributed by atoms with Crippen LogP contribution in [0.5, 0.6) is 0 Å². The Bertz CT molecular complexity index is 1090. The molecule has 5 nitrogen and oxygen atoms in total. The predicted molar refractivity (Wildman–Crippen MR) is 95.0 cm³/mol. The molecule has 7 heteroatoms. The topological polar surface area (TPSA) is 67.3 Å². The molecule has 0 radical (unpaired) electrons. The lowest BCUT2D eigenvalue weighted by Gasteiger charge is -2.38. The zero-order valence-electron chi connectivity index (χ0n) is 13.7. The number of hydrogen-bond donors (Lipinski definition) is 0. The number of aromatic nitrogens is 1. The lowest BCUT2D eigenvalue weighted by atomic mass is 10.1. The van der Waals surface area contributed by atoms with Gasteiger partial charge in [-0.1, -0.05) is 24.3 Å². The van der Waals surface area contributed by atoms with Crippen molar-refractivity contribution in [2.45, 2.75) is 10.1 Å². The fourth-order valence-corrected chi connectivity index (χ4v) is 4.62. The molecule has 0 saturated carbocycles. The zero-order chi connectivity index (χ0) is 18.3. The number of carbonyl (C=O) groups excluding carboxylic acids is 1. The van der Waals surface area contributed by atoms with E-state index < -0.39 is 20.9 Å². The number of benzene rings is 2. The monoisotopic (exact) mass is 370 g/mol. The Hall–Kier alpha value is -2.80. The molecule has 0 atom stereocenters. The summed E-state index contributed by atoms with van der Waals surface area (Å²) in [5, 5.41) is 0.252. The number of rotatable bonds is 3. The third-order valence-electron chi connectivity index (χ3n) is 4.53. The number of hydrogen-bond acceptors (Lipinski definition) is 4. The van der Waals surface area contributed by atoms with Gasteiger partial charge in [-0.15, -0.1) is 0 Å². The van der Waals surface area contributed by atoms with Crippen LogP contribution in [0.15, 0.2) is 65.6 Å². The van der Waals surface area contributed by atoms with Crippen LogP contribution in [0.2, 0.25) is 0 Å². The molecule has 1 saturated heterocycles. The summed E-state index contributed by atoms with van der Waals surface area (Å²) in [5.41, 5.74) is 1.01. The zero-order valence-corrected chi connectivity index (χ0v) is 14.5. The molecule has 1 aliphatic heterocycles. The van der Waals surface area contributed by atoms with Crippen molar-refractivity contribution >= 4 is 26.6 Å². The first-order valence-corrected chi connectivity index (χ1v) is 9.64. The van der Waals surface area contributed by atoms with Gasteiger partial charge in [-0.05, 0) is 36.4 Å². The molecule has 1 amide bonds. The summed E-state index contributed by atoms with van der Waals surface area (Å²) < 4.78 is 38.0. The molecule has 26 heavy (non-hydrogen) atoms. The highest BCUT2D eigenvalue weighted by Gasteiger charge is 2.41. The average molecular weight is 370 g/mol. The van der Waals surface area contributed by atoms with E-state index >= 15 is 0 Å². The number of fused-ring (bicyclic) bond motifs is 1. The second-order valence-electron chi connectivity index (χ2n) is 6.22. The van der Waals surface area contributed by atoms with E-state index in [1.807, 2.05) is 30.3 Å². The van der Waals surface area contributed by atoms with E-state index in [1.54, 1.807) is 6.07 Å². The second kappa shape index (κ2) is 6.17. The van der Waals surface area contributed by atoms with Gasteiger partial charge in [-0.25, -0.2) is 17.8 Å². The molecule has 1 fully saturated rings. The molecular weight excluding hydrogens is 355 g/mol. The Morgan fingerprint density at radius 1 is 1.00 bits per heavy atom. The standard InChI is InChI=1S/C19H15FN2O3S/c20-14-6-8-15(9-7-14)26(24,25)16-11-22(12-16)19(23)18-10-5-13-3-1-2-4-17(13)21-18/h1-10,16H,11-12H2. The van der Waals surface area contributed by atoms with Gasteiger partial charge in [-0.2, -0.15) is 0 Å². The van der Waals surface area contributed by atoms with Gasteiger partial charge in [0.15, 0.2) is 9.84 Å². The first-order valence-electron chi connectivity index (χ1n) is 8.10. The van der Waals surface area contributed by atoms with Crippen molar-refractivity contribution < 1.29 is 17.6 Å². The smallest absolute Gasteiger partial charge is 0.272 e. The quantitative estimate of drug-likeness (QED) is 0.665. The van der Waals surface area contributed by atoms with Crippen LogP contribution in [0, 0.1) is 5.82 Å². The maximum absolute atomic E-state index is 13.0. The summed E-state index contributed by atoms with van der Waals surface area (Å²) in [6.07, 6.45) is 0. The molecule has 1 aliphatic rings. The van der Waals surface area contributed by atoms with Gasteiger partial charge in [0, 0.05) is 18.5 Å². The molecule has 2 aromatic carbocycles. The van der Waals surface area contributed by atoms with Crippen molar-refractivity contribution in [2.24, 2.45) is 0 Å². The van der Waals surface area contributed by atoms with Crippen LogP contribution < -0.4 is 0 Å². The van der Waals surface area contributed by atoms with E-state index in [0.717, 1.165) is 17.5 Å². The summed E-state index contributed by atoms with van der Waals surface area (Å²) in [6, 6.07) is 15.7. The van der Waals surface area contributed by atoms with Crippen LogP contribution in [0.1, 0.15) is 10.5 Å². The summed E-state index contributed by atoms with van der Waals surface area (Å²) in [4.78, 5) is 18.4. The molecule has 3 aromatic rings. The summed E-state index contributed by atoms with van der Waals surface area (Å²) >= 11 is 0. The van der Waals surface area contributed by atoms with Crippen LogP contribution in [0.4, 0.5) is 4.39 Å². The van der Waals surface area contributed by atoms with Gasteiger partial charge >= 0.3 is 0 Å². The van der Waals surface area contributed by atoms with Crippen molar-refractivity contribution in [3.05, 3.63) is 72.2 Å². The lowest BCUT2D eigenvalue weighted by Crippen LogP contribution is -2.57. The van der Waals surface area contributed by atoms with Gasteiger partial charge in [0.2, 0.25) is 0 Å². The van der Waals surface area contributed by atoms with E-state index in [4.69, 9.17) is 0 Å². The Morgan fingerprint density at radius 3 is 2.42 bits per heavy atom. The van der Waals surface area contributed by atoms with Crippen molar-refractivity contribution in [3.8, 4) is 0 Å². The largest absolute Gasteiger partial charge is 0.335 e. The minimum Gasteiger partial charge on any atom is -0.335 e. The van der Waals surface area contributed by atoms with E-state index in [9.17, 15) is 17.6 Å². The number of pyridine rings is 1. The van der Waals surface area contributed by atoms with Crippen LogP contribution >= 0.6 is 0 Å². The number of carbonyl (C=O) groups is 1. The van der Waals surface area contributed by atoms with Gasteiger partial charge in [-0.3, -0.25) is 4.79 Å². The number of amides is 1. The van der Waals surface area contributed by atoms with E-state index in [1.165, 1.54) is 17.0 Å². The molecule has 0 unspecified atom stereocenters. The fourth-order valence-electron chi connectivity index (χ4n) is 2.96. The van der Waals surface area contributed by atoms with Crippen LogP contribution in [-0.2, 0) is 9.84 Å². The highest BCUT2D eigenvalue weighted by Crippen LogP contribution is 2.25. The Kier molecular flexibility index (Phi) is 3.96. The number of sulfone groups is 1. The Labute approximate surface area is 150 Å². The molecule has 0 spiro atoms. The minimum atomic E-state index is -3.58. The summed E-state index contributed by atoms with van der Waals surface area (Å²) in [6.45, 7) is 0.208. The molecular formula is C19H15FN2O3S. The minimum absolute atomic E-state index is 0.0693. The number of halogens is 1. The van der Waals surface area contributed by atoms with Crippen LogP contribution in [0.3, 0.4) is 0 Å². The Balaban J connectivity index is 1.49. The van der Waals surface area contributed by atoms with Gasteiger partial charge in [0.05, 0.1) is 10.4 Å². The molecule has 0 N–H and O–H groups in total. The normalized spacial score (nSPS) is 15.0. The fraction of sp³-hybridized carbons (Fsp3) is 0.158.